The van der Waals surface area contributed by atoms with Crippen molar-refractivity contribution in [2.75, 3.05) is 13.6 Å². The molecule has 19 heavy (non-hydrogen) atoms. The molecule has 106 valence electrons. The van der Waals surface area contributed by atoms with Crippen LogP contribution in [-0.2, 0) is 6.54 Å². The lowest BCUT2D eigenvalue weighted by Gasteiger charge is -2.35. The van der Waals surface area contributed by atoms with E-state index < -0.39 is 0 Å². The maximum Gasteiger partial charge on any atom is 0.0451 e. The van der Waals surface area contributed by atoms with Gasteiger partial charge in [-0.3, -0.25) is 0 Å². The zero-order chi connectivity index (χ0) is 13.7. The molecule has 2 nitrogen and oxygen atoms in total. The smallest absolute Gasteiger partial charge is 0.0451 e. The second-order valence-corrected chi connectivity index (χ2v) is 6.41. The molecule has 0 unspecified atom stereocenters. The summed E-state index contributed by atoms with van der Waals surface area (Å²) >= 11 is 6.19. The minimum absolute atomic E-state index is 0.0764. The second kappa shape index (κ2) is 6.74. The summed E-state index contributed by atoms with van der Waals surface area (Å²) in [6.07, 6.45) is 7.41. The molecule has 1 fully saturated rings. The summed E-state index contributed by atoms with van der Waals surface area (Å²) < 4.78 is 0. The summed E-state index contributed by atoms with van der Waals surface area (Å²) in [6, 6.07) is 8.07. The second-order valence-electron chi connectivity index (χ2n) is 6.00. The van der Waals surface area contributed by atoms with Gasteiger partial charge in [-0.25, -0.2) is 0 Å². The Morgan fingerprint density at radius 3 is 2.58 bits per heavy atom. The highest BCUT2D eigenvalue weighted by molar-refractivity contribution is 6.31. The van der Waals surface area contributed by atoms with E-state index in [0.717, 1.165) is 24.5 Å². The SMILES string of the molecule is CN(CCC1(N)CCCCC1)Cc1ccccc1Cl. The lowest BCUT2D eigenvalue weighted by Crippen LogP contribution is -2.44. The molecule has 0 amide bonds. The quantitative estimate of drug-likeness (QED) is 0.888. The molecule has 1 aliphatic rings. The lowest BCUT2D eigenvalue weighted by molar-refractivity contribution is 0.226. The highest BCUT2D eigenvalue weighted by Gasteiger charge is 2.27. The van der Waals surface area contributed by atoms with E-state index in [9.17, 15) is 0 Å². The molecule has 1 aromatic rings. The van der Waals surface area contributed by atoms with Crippen molar-refractivity contribution in [1.82, 2.24) is 4.90 Å². The number of nitrogens with zero attached hydrogens (tertiary/aromatic N) is 1. The van der Waals surface area contributed by atoms with Gasteiger partial charge in [-0.05, 0) is 44.5 Å². The van der Waals surface area contributed by atoms with Crippen LogP contribution >= 0.6 is 11.6 Å². The van der Waals surface area contributed by atoms with Gasteiger partial charge >= 0.3 is 0 Å². The molecule has 3 heteroatoms. The summed E-state index contributed by atoms with van der Waals surface area (Å²) in [4.78, 5) is 2.32. The van der Waals surface area contributed by atoms with Crippen molar-refractivity contribution in [3.05, 3.63) is 34.9 Å². The van der Waals surface area contributed by atoms with Crippen molar-refractivity contribution < 1.29 is 0 Å². The minimum Gasteiger partial charge on any atom is -0.325 e. The van der Waals surface area contributed by atoms with Gasteiger partial charge in [-0.15, -0.1) is 0 Å². The van der Waals surface area contributed by atoms with E-state index >= 15 is 0 Å². The average molecular weight is 281 g/mol. The van der Waals surface area contributed by atoms with Crippen LogP contribution in [0.1, 0.15) is 44.1 Å². The molecule has 0 bridgehead atoms. The molecule has 1 aliphatic carbocycles. The first-order valence-electron chi connectivity index (χ1n) is 7.30. The lowest BCUT2D eigenvalue weighted by atomic mass is 9.80. The summed E-state index contributed by atoms with van der Waals surface area (Å²) in [5.74, 6) is 0. The number of rotatable bonds is 5. The van der Waals surface area contributed by atoms with Gasteiger partial charge < -0.3 is 10.6 Å². The Kier molecular flexibility index (Phi) is 5.26. The molecule has 2 rings (SSSR count). The molecular formula is C16H25ClN2. The van der Waals surface area contributed by atoms with Gasteiger partial charge in [0.15, 0.2) is 0 Å². The molecule has 0 aliphatic heterocycles. The monoisotopic (exact) mass is 280 g/mol. The van der Waals surface area contributed by atoms with E-state index in [0.29, 0.717) is 0 Å². The van der Waals surface area contributed by atoms with E-state index in [2.05, 4.69) is 18.0 Å². The number of hydrogen-bond donors (Lipinski definition) is 1. The van der Waals surface area contributed by atoms with Gasteiger partial charge in [0.2, 0.25) is 0 Å². The van der Waals surface area contributed by atoms with Gasteiger partial charge in [-0.2, -0.15) is 0 Å². The highest BCUT2D eigenvalue weighted by Crippen LogP contribution is 2.29. The Balaban J connectivity index is 1.81. The van der Waals surface area contributed by atoms with Crippen LogP contribution in [0.4, 0.5) is 0 Å². The van der Waals surface area contributed by atoms with Crippen molar-refractivity contribution in [3.8, 4) is 0 Å². The Bertz CT molecular complexity index is 399. The third kappa shape index (κ3) is 4.48. The number of halogens is 1. The fourth-order valence-electron chi connectivity index (χ4n) is 2.92. The van der Waals surface area contributed by atoms with Crippen LogP contribution in [-0.4, -0.2) is 24.0 Å². The largest absolute Gasteiger partial charge is 0.325 e. The van der Waals surface area contributed by atoms with Crippen molar-refractivity contribution in [1.29, 1.82) is 0 Å². The zero-order valence-corrected chi connectivity index (χ0v) is 12.6. The number of hydrogen-bond acceptors (Lipinski definition) is 2. The summed E-state index contributed by atoms with van der Waals surface area (Å²) in [7, 11) is 2.15. The molecule has 0 atom stereocenters. The molecular weight excluding hydrogens is 256 g/mol. The maximum absolute atomic E-state index is 6.48. The zero-order valence-electron chi connectivity index (χ0n) is 11.9. The highest BCUT2D eigenvalue weighted by atomic mass is 35.5. The fourth-order valence-corrected chi connectivity index (χ4v) is 3.11. The normalized spacial score (nSPS) is 18.7. The van der Waals surface area contributed by atoms with Crippen LogP contribution < -0.4 is 5.73 Å². The van der Waals surface area contributed by atoms with Crippen molar-refractivity contribution in [2.45, 2.75) is 50.6 Å². The molecule has 0 spiro atoms. The number of nitrogens with two attached hydrogens (primary N) is 1. The summed E-state index contributed by atoms with van der Waals surface area (Å²) in [5.41, 5.74) is 7.75. The molecule has 0 heterocycles. The molecule has 0 aromatic heterocycles. The van der Waals surface area contributed by atoms with Crippen LogP contribution in [0.2, 0.25) is 5.02 Å². The van der Waals surface area contributed by atoms with E-state index in [1.165, 1.54) is 37.7 Å². The van der Waals surface area contributed by atoms with Gasteiger partial charge in [0.25, 0.3) is 0 Å². The standard InChI is InChI=1S/C16H25ClN2/c1-19(13-14-7-3-4-8-15(14)17)12-11-16(18)9-5-2-6-10-16/h3-4,7-8H,2,5-6,9-13,18H2,1H3. The first kappa shape index (κ1) is 14.8. The Morgan fingerprint density at radius 2 is 1.89 bits per heavy atom. The topological polar surface area (TPSA) is 29.3 Å². The van der Waals surface area contributed by atoms with E-state index in [-0.39, 0.29) is 5.54 Å². The molecule has 2 N–H and O–H groups in total. The van der Waals surface area contributed by atoms with Crippen LogP contribution in [0.5, 0.6) is 0 Å². The van der Waals surface area contributed by atoms with Gasteiger partial charge in [0.05, 0.1) is 0 Å². The van der Waals surface area contributed by atoms with Crippen molar-refractivity contribution in [2.24, 2.45) is 5.73 Å². The van der Waals surface area contributed by atoms with Crippen molar-refractivity contribution >= 4 is 11.6 Å². The van der Waals surface area contributed by atoms with Crippen molar-refractivity contribution in [3.63, 3.8) is 0 Å². The fraction of sp³-hybridized carbons (Fsp3) is 0.625. The van der Waals surface area contributed by atoms with Crippen LogP contribution in [0.25, 0.3) is 0 Å². The third-order valence-electron chi connectivity index (χ3n) is 4.24. The maximum atomic E-state index is 6.48. The molecule has 1 saturated carbocycles. The molecule has 0 saturated heterocycles. The van der Waals surface area contributed by atoms with Crippen LogP contribution in [0.3, 0.4) is 0 Å². The van der Waals surface area contributed by atoms with E-state index in [1.807, 2.05) is 18.2 Å². The van der Waals surface area contributed by atoms with Gasteiger partial charge in [0.1, 0.15) is 0 Å². The Hall–Kier alpha value is -0.570. The summed E-state index contributed by atoms with van der Waals surface area (Å²) in [6.45, 7) is 1.94. The first-order chi connectivity index (χ1) is 9.09. The molecule has 0 radical (unpaired) electrons. The van der Waals surface area contributed by atoms with E-state index in [4.69, 9.17) is 17.3 Å². The van der Waals surface area contributed by atoms with Gasteiger partial charge in [0, 0.05) is 17.1 Å². The third-order valence-corrected chi connectivity index (χ3v) is 4.61. The predicted molar refractivity (Wildman–Crippen MR) is 82.4 cm³/mol. The minimum atomic E-state index is 0.0764. The first-order valence-corrected chi connectivity index (χ1v) is 7.68. The Morgan fingerprint density at radius 1 is 1.21 bits per heavy atom. The predicted octanol–water partition coefficient (Wildman–Crippen LogP) is 3.82. The van der Waals surface area contributed by atoms with Gasteiger partial charge in [-0.1, -0.05) is 49.1 Å². The van der Waals surface area contributed by atoms with Crippen LogP contribution in [0, 0.1) is 0 Å². The van der Waals surface area contributed by atoms with Crippen LogP contribution in [0.15, 0.2) is 24.3 Å². The Labute approximate surface area is 121 Å². The number of benzene rings is 1. The van der Waals surface area contributed by atoms with E-state index in [1.54, 1.807) is 0 Å². The molecule has 1 aromatic carbocycles. The average Bonchev–Trinajstić information content (AvgIpc) is 2.40. The summed E-state index contributed by atoms with van der Waals surface area (Å²) in [5, 5.41) is 0.856.